The standard InChI is InChI=1S/C17H26N2/c18-3-6-19-4-1-14(2-5-19)17-15-8-12-7-13(10-15)11-16(17)9-12/h12-17H,1-2,4-11H2. The number of nitriles is 1. The quantitative estimate of drug-likeness (QED) is 0.711. The van der Waals surface area contributed by atoms with Crippen LogP contribution in [0.2, 0.25) is 0 Å². The molecule has 0 atom stereocenters. The van der Waals surface area contributed by atoms with Gasteiger partial charge >= 0.3 is 0 Å². The van der Waals surface area contributed by atoms with Gasteiger partial charge in [0.25, 0.3) is 0 Å². The van der Waals surface area contributed by atoms with Crippen molar-refractivity contribution in [3.8, 4) is 6.07 Å². The van der Waals surface area contributed by atoms with E-state index in [9.17, 15) is 0 Å². The predicted octanol–water partition coefficient (Wildman–Crippen LogP) is 3.29. The maximum Gasteiger partial charge on any atom is 0.0865 e. The molecule has 0 aromatic heterocycles. The first-order valence-electron chi connectivity index (χ1n) is 8.42. The zero-order valence-corrected chi connectivity index (χ0v) is 11.9. The highest BCUT2D eigenvalue weighted by atomic mass is 15.1. The number of hydrogen-bond donors (Lipinski definition) is 0. The van der Waals surface area contributed by atoms with E-state index in [0.717, 1.165) is 35.5 Å². The van der Waals surface area contributed by atoms with Crippen molar-refractivity contribution in [3.63, 3.8) is 0 Å². The van der Waals surface area contributed by atoms with Crippen molar-refractivity contribution < 1.29 is 0 Å². The van der Waals surface area contributed by atoms with Gasteiger partial charge in [-0.05, 0) is 93.5 Å². The van der Waals surface area contributed by atoms with Gasteiger partial charge in [0.05, 0.1) is 12.6 Å². The fourth-order valence-electron chi connectivity index (χ4n) is 6.33. The summed E-state index contributed by atoms with van der Waals surface area (Å²) >= 11 is 0. The second-order valence-electron chi connectivity index (χ2n) is 7.78. The summed E-state index contributed by atoms with van der Waals surface area (Å²) in [5, 5.41) is 8.81. The topological polar surface area (TPSA) is 27.0 Å². The molecule has 4 bridgehead atoms. The van der Waals surface area contributed by atoms with Crippen LogP contribution in [0.4, 0.5) is 0 Å². The molecule has 5 fully saturated rings. The van der Waals surface area contributed by atoms with Crippen molar-refractivity contribution >= 4 is 0 Å². The Bertz CT molecular complexity index is 347. The molecule has 1 saturated heterocycles. The highest BCUT2D eigenvalue weighted by Crippen LogP contribution is 2.59. The van der Waals surface area contributed by atoms with Gasteiger partial charge in [0.1, 0.15) is 0 Å². The van der Waals surface area contributed by atoms with Crippen molar-refractivity contribution in [3.05, 3.63) is 0 Å². The monoisotopic (exact) mass is 258 g/mol. The van der Waals surface area contributed by atoms with E-state index in [1.165, 1.54) is 25.9 Å². The lowest BCUT2D eigenvalue weighted by atomic mass is 9.49. The molecule has 4 aliphatic carbocycles. The van der Waals surface area contributed by atoms with Crippen LogP contribution >= 0.6 is 0 Å². The minimum Gasteiger partial charge on any atom is -0.291 e. The number of hydrogen-bond acceptors (Lipinski definition) is 2. The summed E-state index contributed by atoms with van der Waals surface area (Å²) in [6.07, 6.45) is 10.6. The van der Waals surface area contributed by atoms with Crippen LogP contribution in [0.1, 0.15) is 44.9 Å². The summed E-state index contributed by atoms with van der Waals surface area (Å²) in [7, 11) is 0. The molecular weight excluding hydrogens is 232 g/mol. The maximum absolute atomic E-state index is 8.81. The summed E-state index contributed by atoms with van der Waals surface area (Å²) in [5.74, 6) is 6.45. The van der Waals surface area contributed by atoms with Crippen LogP contribution in [0.25, 0.3) is 0 Å². The minimum atomic E-state index is 0.647. The molecule has 1 aliphatic heterocycles. The molecule has 104 valence electrons. The molecule has 1 heterocycles. The van der Waals surface area contributed by atoms with E-state index in [2.05, 4.69) is 11.0 Å². The van der Waals surface area contributed by atoms with Crippen LogP contribution in [0.5, 0.6) is 0 Å². The Labute approximate surface area is 117 Å². The smallest absolute Gasteiger partial charge is 0.0865 e. The van der Waals surface area contributed by atoms with Gasteiger partial charge in [-0.3, -0.25) is 4.90 Å². The van der Waals surface area contributed by atoms with Gasteiger partial charge in [0.2, 0.25) is 0 Å². The van der Waals surface area contributed by atoms with Crippen molar-refractivity contribution in [2.75, 3.05) is 19.6 Å². The Morgan fingerprint density at radius 1 is 0.842 bits per heavy atom. The van der Waals surface area contributed by atoms with Crippen LogP contribution in [0.3, 0.4) is 0 Å². The van der Waals surface area contributed by atoms with Crippen molar-refractivity contribution in [1.82, 2.24) is 4.90 Å². The third kappa shape index (κ3) is 2.11. The minimum absolute atomic E-state index is 0.647. The Balaban J connectivity index is 1.42. The Morgan fingerprint density at radius 3 is 1.95 bits per heavy atom. The molecule has 5 aliphatic rings. The summed E-state index contributed by atoms with van der Waals surface area (Å²) in [4.78, 5) is 2.35. The van der Waals surface area contributed by atoms with E-state index < -0.39 is 0 Å². The molecule has 2 heteroatoms. The zero-order valence-electron chi connectivity index (χ0n) is 11.9. The second-order valence-corrected chi connectivity index (χ2v) is 7.78. The van der Waals surface area contributed by atoms with Gasteiger partial charge in [-0.25, -0.2) is 0 Å². The predicted molar refractivity (Wildman–Crippen MR) is 75.3 cm³/mol. The zero-order chi connectivity index (χ0) is 12.8. The fraction of sp³-hybridized carbons (Fsp3) is 0.941. The lowest BCUT2D eigenvalue weighted by molar-refractivity contribution is -0.0716. The van der Waals surface area contributed by atoms with Crippen molar-refractivity contribution in [2.45, 2.75) is 44.9 Å². The normalized spacial score (nSPS) is 46.4. The summed E-state index contributed by atoms with van der Waals surface area (Å²) in [6, 6.07) is 2.31. The van der Waals surface area contributed by atoms with E-state index >= 15 is 0 Å². The molecule has 5 rings (SSSR count). The Kier molecular flexibility index (Phi) is 3.07. The highest BCUT2D eigenvalue weighted by molar-refractivity contribution is 5.00. The molecule has 0 aromatic carbocycles. The summed E-state index contributed by atoms with van der Waals surface area (Å²) < 4.78 is 0. The van der Waals surface area contributed by atoms with Crippen LogP contribution in [-0.4, -0.2) is 24.5 Å². The first-order valence-corrected chi connectivity index (χ1v) is 8.42. The van der Waals surface area contributed by atoms with Gasteiger partial charge in [-0.15, -0.1) is 0 Å². The van der Waals surface area contributed by atoms with Crippen molar-refractivity contribution in [2.24, 2.45) is 35.5 Å². The van der Waals surface area contributed by atoms with Gasteiger partial charge < -0.3 is 0 Å². The third-order valence-electron chi connectivity index (χ3n) is 6.77. The highest BCUT2D eigenvalue weighted by Gasteiger charge is 2.50. The van der Waals surface area contributed by atoms with Crippen molar-refractivity contribution in [1.29, 1.82) is 5.26 Å². The number of piperidine rings is 1. The molecule has 0 N–H and O–H groups in total. The molecule has 0 spiro atoms. The first-order chi connectivity index (χ1) is 9.33. The lowest BCUT2D eigenvalue weighted by Crippen LogP contribution is -2.49. The molecule has 19 heavy (non-hydrogen) atoms. The van der Waals surface area contributed by atoms with Gasteiger partial charge in [-0.2, -0.15) is 5.26 Å². The van der Waals surface area contributed by atoms with Gasteiger partial charge in [-0.1, -0.05) is 0 Å². The molecule has 0 unspecified atom stereocenters. The van der Waals surface area contributed by atoms with E-state index in [-0.39, 0.29) is 0 Å². The molecule has 2 nitrogen and oxygen atoms in total. The summed E-state index contributed by atoms with van der Waals surface area (Å²) in [6.45, 7) is 3.01. The lowest BCUT2D eigenvalue weighted by Gasteiger charge is -2.57. The Morgan fingerprint density at radius 2 is 1.42 bits per heavy atom. The number of nitrogens with zero attached hydrogens (tertiary/aromatic N) is 2. The van der Waals surface area contributed by atoms with Crippen LogP contribution < -0.4 is 0 Å². The van der Waals surface area contributed by atoms with Crippen LogP contribution in [-0.2, 0) is 0 Å². The molecule has 0 radical (unpaired) electrons. The summed E-state index contributed by atoms with van der Waals surface area (Å²) in [5.41, 5.74) is 0. The number of likely N-dealkylation sites (tertiary alicyclic amines) is 1. The average Bonchev–Trinajstić information content (AvgIpc) is 2.40. The van der Waals surface area contributed by atoms with E-state index in [4.69, 9.17) is 5.26 Å². The van der Waals surface area contributed by atoms with Crippen LogP contribution in [0, 0.1) is 46.8 Å². The van der Waals surface area contributed by atoms with E-state index in [0.29, 0.717) is 6.54 Å². The maximum atomic E-state index is 8.81. The van der Waals surface area contributed by atoms with Gasteiger partial charge in [0.15, 0.2) is 0 Å². The Hall–Kier alpha value is -0.550. The SMILES string of the molecule is N#CCN1CCC(C2C3CC4CC(C3)CC2C4)CC1. The molecule has 4 saturated carbocycles. The molecule has 0 aromatic rings. The molecule has 0 amide bonds. The second kappa shape index (κ2) is 4.77. The van der Waals surface area contributed by atoms with E-state index in [1.54, 1.807) is 32.1 Å². The first kappa shape index (κ1) is 12.2. The van der Waals surface area contributed by atoms with Gasteiger partial charge in [0, 0.05) is 0 Å². The van der Waals surface area contributed by atoms with Crippen LogP contribution in [0.15, 0.2) is 0 Å². The largest absolute Gasteiger partial charge is 0.291 e. The third-order valence-corrected chi connectivity index (χ3v) is 6.77. The van der Waals surface area contributed by atoms with E-state index in [1.807, 2.05) is 0 Å². The fourth-order valence-corrected chi connectivity index (χ4v) is 6.33. The molecular formula is C17H26N2. The number of rotatable bonds is 2. The average molecular weight is 258 g/mol.